The summed E-state index contributed by atoms with van der Waals surface area (Å²) in [4.78, 5) is 2.26. The Hall–Kier alpha value is -0.120. The van der Waals surface area contributed by atoms with Gasteiger partial charge in [0.25, 0.3) is 0 Å². The lowest BCUT2D eigenvalue weighted by Crippen LogP contribution is -2.48. The third-order valence-corrected chi connectivity index (χ3v) is 3.32. The van der Waals surface area contributed by atoms with Crippen LogP contribution in [0.4, 0.5) is 0 Å². The third kappa shape index (κ3) is 5.28. The van der Waals surface area contributed by atoms with Crippen LogP contribution in [0.1, 0.15) is 34.1 Å². The zero-order chi connectivity index (χ0) is 12.3. The molecule has 3 nitrogen and oxygen atoms in total. The van der Waals surface area contributed by atoms with Crippen LogP contribution in [0.25, 0.3) is 0 Å². The first-order valence-electron chi connectivity index (χ1n) is 6.44. The summed E-state index contributed by atoms with van der Waals surface area (Å²) in [6, 6.07) is 0.431. The fraction of sp³-hybridized carbons (Fsp3) is 1.00. The molecule has 0 spiro atoms. The molecule has 1 aliphatic rings. The van der Waals surface area contributed by atoms with Gasteiger partial charge in [-0.25, -0.2) is 0 Å². The van der Waals surface area contributed by atoms with Crippen molar-refractivity contribution in [2.45, 2.75) is 45.8 Å². The molecule has 1 aliphatic carbocycles. The SMILES string of the molecule is CC(C)NCC(C)(O)CN(C)CC1CC1C. The number of hydrogen-bond donors (Lipinski definition) is 2. The van der Waals surface area contributed by atoms with Gasteiger partial charge in [0.2, 0.25) is 0 Å². The van der Waals surface area contributed by atoms with E-state index in [-0.39, 0.29) is 0 Å². The Morgan fingerprint density at radius 2 is 2.06 bits per heavy atom. The maximum Gasteiger partial charge on any atom is 0.0869 e. The van der Waals surface area contributed by atoms with Gasteiger partial charge in [-0.2, -0.15) is 0 Å². The molecule has 0 amide bonds. The van der Waals surface area contributed by atoms with E-state index in [1.807, 2.05) is 6.92 Å². The molecule has 0 bridgehead atoms. The lowest BCUT2D eigenvalue weighted by molar-refractivity contribution is 0.0246. The molecular formula is C13H28N2O. The lowest BCUT2D eigenvalue weighted by atomic mass is 10.1. The minimum Gasteiger partial charge on any atom is -0.388 e. The molecule has 1 saturated carbocycles. The van der Waals surface area contributed by atoms with Crippen LogP contribution in [0.15, 0.2) is 0 Å². The monoisotopic (exact) mass is 228 g/mol. The normalized spacial score (nSPS) is 28.5. The highest BCUT2D eigenvalue weighted by Crippen LogP contribution is 2.38. The Bertz CT molecular complexity index is 216. The second kappa shape index (κ2) is 5.48. The molecule has 0 radical (unpaired) electrons. The third-order valence-electron chi connectivity index (χ3n) is 3.32. The maximum absolute atomic E-state index is 10.2. The minimum absolute atomic E-state index is 0.431. The second-order valence-electron chi connectivity index (χ2n) is 6.20. The largest absolute Gasteiger partial charge is 0.388 e. The van der Waals surface area contributed by atoms with Crippen LogP contribution in [-0.2, 0) is 0 Å². The summed E-state index contributed by atoms with van der Waals surface area (Å²) in [5, 5.41) is 13.5. The first-order chi connectivity index (χ1) is 7.30. The van der Waals surface area contributed by atoms with Gasteiger partial charge in [-0.15, -0.1) is 0 Å². The summed E-state index contributed by atoms with van der Waals surface area (Å²) >= 11 is 0. The molecule has 0 aliphatic heterocycles. The average Bonchev–Trinajstić information content (AvgIpc) is 2.77. The van der Waals surface area contributed by atoms with Crippen LogP contribution in [0.5, 0.6) is 0 Å². The van der Waals surface area contributed by atoms with Crippen molar-refractivity contribution >= 4 is 0 Å². The van der Waals surface area contributed by atoms with Crippen molar-refractivity contribution in [3.8, 4) is 0 Å². The summed E-state index contributed by atoms with van der Waals surface area (Å²) in [5.74, 6) is 1.75. The Morgan fingerprint density at radius 1 is 1.50 bits per heavy atom. The van der Waals surface area contributed by atoms with Crippen LogP contribution >= 0.6 is 0 Å². The zero-order valence-electron chi connectivity index (χ0n) is 11.5. The van der Waals surface area contributed by atoms with Gasteiger partial charge in [0.05, 0.1) is 5.60 Å². The number of nitrogens with one attached hydrogen (secondary N) is 1. The second-order valence-corrected chi connectivity index (χ2v) is 6.20. The minimum atomic E-state index is -0.628. The van der Waals surface area contributed by atoms with E-state index in [4.69, 9.17) is 0 Å². The average molecular weight is 228 g/mol. The fourth-order valence-electron chi connectivity index (χ4n) is 2.18. The quantitative estimate of drug-likeness (QED) is 0.690. The highest BCUT2D eigenvalue weighted by Gasteiger charge is 2.34. The molecule has 1 fully saturated rings. The Labute approximate surface area is 100 Å². The van der Waals surface area contributed by atoms with E-state index in [2.05, 4.69) is 38.0 Å². The first kappa shape index (κ1) is 13.9. The van der Waals surface area contributed by atoms with Crippen molar-refractivity contribution in [1.29, 1.82) is 0 Å². The standard InChI is InChI=1S/C13H28N2O/c1-10(2)14-8-13(4,16)9-15(5)7-12-6-11(12)3/h10-12,14,16H,6-9H2,1-5H3. The molecule has 3 heteroatoms. The van der Waals surface area contributed by atoms with E-state index in [0.29, 0.717) is 12.6 Å². The predicted octanol–water partition coefficient (Wildman–Crippen LogP) is 1.32. The van der Waals surface area contributed by atoms with Gasteiger partial charge in [-0.3, -0.25) is 0 Å². The zero-order valence-corrected chi connectivity index (χ0v) is 11.5. The summed E-state index contributed by atoms with van der Waals surface area (Å²) in [6.45, 7) is 11.0. The van der Waals surface area contributed by atoms with Crippen molar-refractivity contribution < 1.29 is 5.11 Å². The molecule has 1 rings (SSSR count). The molecule has 0 saturated heterocycles. The first-order valence-corrected chi connectivity index (χ1v) is 6.44. The molecular weight excluding hydrogens is 200 g/mol. The van der Waals surface area contributed by atoms with Gasteiger partial charge in [-0.05, 0) is 32.2 Å². The molecule has 3 atom stereocenters. The fourth-order valence-corrected chi connectivity index (χ4v) is 2.18. The van der Waals surface area contributed by atoms with E-state index >= 15 is 0 Å². The van der Waals surface area contributed by atoms with Crippen LogP contribution in [0.2, 0.25) is 0 Å². The smallest absolute Gasteiger partial charge is 0.0869 e. The maximum atomic E-state index is 10.2. The molecule has 3 unspecified atom stereocenters. The van der Waals surface area contributed by atoms with E-state index in [0.717, 1.165) is 24.9 Å². The number of aliphatic hydroxyl groups is 1. The number of rotatable bonds is 7. The van der Waals surface area contributed by atoms with Gasteiger partial charge in [0.15, 0.2) is 0 Å². The van der Waals surface area contributed by atoms with E-state index in [9.17, 15) is 5.11 Å². The van der Waals surface area contributed by atoms with E-state index in [1.54, 1.807) is 0 Å². The summed E-state index contributed by atoms with van der Waals surface area (Å²) < 4.78 is 0. The van der Waals surface area contributed by atoms with Crippen LogP contribution in [0, 0.1) is 11.8 Å². The van der Waals surface area contributed by atoms with Gasteiger partial charge >= 0.3 is 0 Å². The van der Waals surface area contributed by atoms with Gasteiger partial charge in [0.1, 0.15) is 0 Å². The van der Waals surface area contributed by atoms with E-state index in [1.165, 1.54) is 6.42 Å². The van der Waals surface area contributed by atoms with Crippen molar-refractivity contribution in [2.75, 3.05) is 26.7 Å². The molecule has 0 heterocycles. The van der Waals surface area contributed by atoms with Crippen molar-refractivity contribution in [3.05, 3.63) is 0 Å². The topological polar surface area (TPSA) is 35.5 Å². The van der Waals surface area contributed by atoms with E-state index < -0.39 is 5.60 Å². The molecule has 2 N–H and O–H groups in total. The van der Waals surface area contributed by atoms with Crippen LogP contribution < -0.4 is 5.32 Å². The highest BCUT2D eigenvalue weighted by atomic mass is 16.3. The summed E-state index contributed by atoms with van der Waals surface area (Å²) in [6.07, 6.45) is 1.36. The Balaban J connectivity index is 2.21. The van der Waals surface area contributed by atoms with Crippen molar-refractivity contribution in [3.63, 3.8) is 0 Å². The summed E-state index contributed by atoms with van der Waals surface area (Å²) in [7, 11) is 2.11. The Morgan fingerprint density at radius 3 is 2.50 bits per heavy atom. The molecule has 0 aromatic carbocycles. The Kier molecular flexibility index (Phi) is 4.77. The molecule has 0 aromatic heterocycles. The number of nitrogens with zero attached hydrogens (tertiary/aromatic N) is 1. The van der Waals surface area contributed by atoms with Gasteiger partial charge < -0.3 is 15.3 Å². The van der Waals surface area contributed by atoms with Crippen LogP contribution in [0.3, 0.4) is 0 Å². The highest BCUT2D eigenvalue weighted by molar-refractivity contribution is 4.87. The van der Waals surface area contributed by atoms with Gasteiger partial charge in [-0.1, -0.05) is 20.8 Å². The molecule has 96 valence electrons. The lowest BCUT2D eigenvalue weighted by Gasteiger charge is -2.30. The molecule has 0 aromatic rings. The van der Waals surface area contributed by atoms with Crippen molar-refractivity contribution in [1.82, 2.24) is 10.2 Å². The predicted molar refractivity (Wildman–Crippen MR) is 68.5 cm³/mol. The summed E-state index contributed by atoms with van der Waals surface area (Å²) in [5.41, 5.74) is -0.628. The van der Waals surface area contributed by atoms with Crippen LogP contribution in [-0.4, -0.2) is 48.3 Å². The van der Waals surface area contributed by atoms with Crippen molar-refractivity contribution in [2.24, 2.45) is 11.8 Å². The van der Waals surface area contributed by atoms with Gasteiger partial charge in [0, 0.05) is 25.7 Å². The number of hydrogen-bond acceptors (Lipinski definition) is 3. The molecule has 16 heavy (non-hydrogen) atoms. The number of likely N-dealkylation sites (N-methyl/N-ethyl adjacent to an activating group) is 1.